The highest BCUT2D eigenvalue weighted by atomic mass is 16.3. The molecule has 1 N–H and O–H groups in total. The van der Waals surface area contributed by atoms with Crippen LogP contribution in [-0.2, 0) is 6.42 Å². The van der Waals surface area contributed by atoms with Gasteiger partial charge in [0.2, 0.25) is 0 Å². The first-order chi connectivity index (χ1) is 11.8. The number of aliphatic hydroxyl groups is 1. The van der Waals surface area contributed by atoms with E-state index in [4.69, 9.17) is 0 Å². The molecule has 0 heterocycles. The van der Waals surface area contributed by atoms with Crippen LogP contribution in [0.15, 0.2) is 66.3 Å². The summed E-state index contributed by atoms with van der Waals surface area (Å²) in [7, 11) is 0. The van der Waals surface area contributed by atoms with Crippen LogP contribution in [0.2, 0.25) is 0 Å². The summed E-state index contributed by atoms with van der Waals surface area (Å²) in [5, 5.41) is 10.8. The van der Waals surface area contributed by atoms with E-state index in [1.807, 2.05) is 0 Å². The van der Waals surface area contributed by atoms with E-state index in [0.29, 0.717) is 5.92 Å². The quantitative estimate of drug-likeness (QED) is 0.650. The van der Waals surface area contributed by atoms with Gasteiger partial charge in [0.1, 0.15) is 0 Å². The number of rotatable bonds is 5. The number of hydrogen-bond acceptors (Lipinski definition) is 1. The average Bonchev–Trinajstić information content (AvgIpc) is 3.26. The second kappa shape index (κ2) is 6.41. The molecule has 0 saturated carbocycles. The number of hydrogen-bond donors (Lipinski definition) is 1. The molecule has 2 aromatic carbocycles. The number of fused-ring (bicyclic) bond motifs is 3. The fourth-order valence-electron chi connectivity index (χ4n) is 4.10. The number of aliphatic hydroxyl groups excluding tert-OH is 1. The Kier molecular flexibility index (Phi) is 4.12. The largest absolute Gasteiger partial charge is 0.388 e. The summed E-state index contributed by atoms with van der Waals surface area (Å²) in [5.74, 6) is 0.468. The van der Waals surface area contributed by atoms with E-state index in [1.54, 1.807) is 0 Å². The predicted octanol–water partition coefficient (Wildman–Crippen LogP) is 5.59. The second-order valence-electron chi connectivity index (χ2n) is 6.98. The zero-order valence-electron chi connectivity index (χ0n) is 14.2. The molecule has 0 radical (unpaired) electrons. The molecule has 0 spiro atoms. The smallest absolute Gasteiger partial charge is 0.0796 e. The van der Waals surface area contributed by atoms with Crippen molar-refractivity contribution in [2.75, 3.05) is 0 Å². The van der Waals surface area contributed by atoms with E-state index in [0.717, 1.165) is 31.2 Å². The molecule has 0 amide bonds. The van der Waals surface area contributed by atoms with Gasteiger partial charge in [0.05, 0.1) is 6.10 Å². The third kappa shape index (κ3) is 2.74. The summed E-state index contributed by atoms with van der Waals surface area (Å²) in [6.45, 7) is 2.22. The van der Waals surface area contributed by atoms with Crippen LogP contribution in [0, 0.1) is 5.92 Å². The molecule has 4 rings (SSSR count). The predicted molar refractivity (Wildman–Crippen MR) is 99.9 cm³/mol. The Balaban J connectivity index is 1.57. The average molecular weight is 316 g/mol. The van der Waals surface area contributed by atoms with Gasteiger partial charge < -0.3 is 5.11 Å². The van der Waals surface area contributed by atoms with Crippen molar-refractivity contribution >= 4 is 0 Å². The lowest BCUT2D eigenvalue weighted by Gasteiger charge is -2.21. The molecule has 24 heavy (non-hydrogen) atoms. The molecular weight excluding hydrogens is 292 g/mol. The minimum Gasteiger partial charge on any atom is -0.388 e. The summed E-state index contributed by atoms with van der Waals surface area (Å²) in [4.78, 5) is 0. The Bertz CT molecular complexity index is 813. The van der Waals surface area contributed by atoms with Gasteiger partial charge in [-0.3, -0.25) is 0 Å². The van der Waals surface area contributed by atoms with Gasteiger partial charge in [-0.1, -0.05) is 67.1 Å². The SMILES string of the molecule is CCC(CC(O)c1ccc2c(c1)-c1ccccc1C2)C1=CC=CC1. The number of allylic oxidation sites excluding steroid dienone is 4. The van der Waals surface area contributed by atoms with Crippen molar-refractivity contribution < 1.29 is 5.11 Å². The minimum absolute atomic E-state index is 0.394. The van der Waals surface area contributed by atoms with Crippen molar-refractivity contribution in [3.05, 3.63) is 83.0 Å². The van der Waals surface area contributed by atoms with Crippen LogP contribution in [0.1, 0.15) is 49.0 Å². The molecule has 2 aromatic rings. The van der Waals surface area contributed by atoms with Crippen LogP contribution in [0.3, 0.4) is 0 Å². The highest BCUT2D eigenvalue weighted by Crippen LogP contribution is 2.39. The summed E-state index contributed by atoms with van der Waals surface area (Å²) >= 11 is 0. The fourth-order valence-corrected chi connectivity index (χ4v) is 4.10. The van der Waals surface area contributed by atoms with Crippen molar-refractivity contribution in [2.24, 2.45) is 5.92 Å². The standard InChI is InChI=1S/C23H24O/c1-2-16(17-7-3-4-8-17)15-23(24)20-12-11-19-13-18-9-5-6-10-21(18)22(19)14-20/h3-7,9-12,14,16,23-24H,2,8,13,15H2,1H3. The van der Waals surface area contributed by atoms with E-state index >= 15 is 0 Å². The molecular formula is C23H24O. The van der Waals surface area contributed by atoms with Gasteiger partial charge >= 0.3 is 0 Å². The second-order valence-corrected chi connectivity index (χ2v) is 6.98. The van der Waals surface area contributed by atoms with Crippen molar-refractivity contribution in [3.8, 4) is 11.1 Å². The normalized spacial score (nSPS) is 17.3. The van der Waals surface area contributed by atoms with Crippen LogP contribution in [-0.4, -0.2) is 5.11 Å². The van der Waals surface area contributed by atoms with Gasteiger partial charge in [0, 0.05) is 0 Å². The zero-order valence-corrected chi connectivity index (χ0v) is 14.2. The maximum absolute atomic E-state index is 10.8. The maximum Gasteiger partial charge on any atom is 0.0796 e. The van der Waals surface area contributed by atoms with Crippen LogP contribution in [0.25, 0.3) is 11.1 Å². The van der Waals surface area contributed by atoms with Crippen molar-refractivity contribution in [1.82, 2.24) is 0 Å². The van der Waals surface area contributed by atoms with Crippen LogP contribution in [0.5, 0.6) is 0 Å². The van der Waals surface area contributed by atoms with E-state index in [9.17, 15) is 5.11 Å². The number of benzene rings is 2. The third-order valence-corrected chi connectivity index (χ3v) is 5.53. The molecule has 1 heteroatoms. The molecule has 2 aliphatic carbocycles. The molecule has 1 nitrogen and oxygen atoms in total. The Hall–Kier alpha value is -2.12. The maximum atomic E-state index is 10.8. The topological polar surface area (TPSA) is 20.2 Å². The van der Waals surface area contributed by atoms with Gasteiger partial charge in [-0.25, -0.2) is 0 Å². The summed E-state index contributed by atoms with van der Waals surface area (Å²) in [6.07, 6.45) is 10.1. The first kappa shape index (κ1) is 15.4. The lowest BCUT2D eigenvalue weighted by molar-refractivity contribution is 0.149. The molecule has 2 unspecified atom stereocenters. The van der Waals surface area contributed by atoms with Crippen molar-refractivity contribution in [3.63, 3.8) is 0 Å². The van der Waals surface area contributed by atoms with Crippen LogP contribution < -0.4 is 0 Å². The Morgan fingerprint density at radius 3 is 2.67 bits per heavy atom. The fraction of sp³-hybridized carbons (Fsp3) is 0.304. The molecule has 0 bridgehead atoms. The first-order valence-electron chi connectivity index (χ1n) is 9.01. The molecule has 0 fully saturated rings. The van der Waals surface area contributed by atoms with E-state index in [1.165, 1.54) is 27.8 Å². The molecule has 122 valence electrons. The Morgan fingerprint density at radius 2 is 1.88 bits per heavy atom. The van der Waals surface area contributed by atoms with E-state index < -0.39 is 6.10 Å². The molecule has 2 aliphatic rings. The van der Waals surface area contributed by atoms with E-state index in [-0.39, 0.29) is 0 Å². The zero-order chi connectivity index (χ0) is 16.5. The first-order valence-corrected chi connectivity index (χ1v) is 9.01. The van der Waals surface area contributed by atoms with Gasteiger partial charge in [-0.05, 0) is 65.5 Å². The van der Waals surface area contributed by atoms with Gasteiger partial charge in [-0.15, -0.1) is 0 Å². The molecule has 0 aromatic heterocycles. The van der Waals surface area contributed by atoms with Crippen LogP contribution in [0.4, 0.5) is 0 Å². The monoisotopic (exact) mass is 316 g/mol. The highest BCUT2D eigenvalue weighted by Gasteiger charge is 2.22. The minimum atomic E-state index is -0.394. The van der Waals surface area contributed by atoms with Crippen molar-refractivity contribution in [2.45, 2.75) is 38.7 Å². The summed E-state index contributed by atoms with van der Waals surface area (Å²) < 4.78 is 0. The highest BCUT2D eigenvalue weighted by molar-refractivity contribution is 5.77. The Labute approximate surface area is 144 Å². The molecule has 2 atom stereocenters. The van der Waals surface area contributed by atoms with E-state index in [2.05, 4.69) is 67.6 Å². The lowest BCUT2D eigenvalue weighted by Crippen LogP contribution is -2.09. The van der Waals surface area contributed by atoms with Crippen LogP contribution >= 0.6 is 0 Å². The van der Waals surface area contributed by atoms with Crippen molar-refractivity contribution in [1.29, 1.82) is 0 Å². The summed E-state index contributed by atoms with van der Waals surface area (Å²) in [6, 6.07) is 15.1. The molecule has 0 aliphatic heterocycles. The van der Waals surface area contributed by atoms with Gasteiger partial charge in [-0.2, -0.15) is 0 Å². The summed E-state index contributed by atoms with van der Waals surface area (Å²) in [5.41, 5.74) is 7.92. The third-order valence-electron chi connectivity index (χ3n) is 5.53. The van der Waals surface area contributed by atoms with Gasteiger partial charge in [0.15, 0.2) is 0 Å². The lowest BCUT2D eigenvalue weighted by atomic mass is 9.87. The Morgan fingerprint density at radius 1 is 1.04 bits per heavy atom. The molecule has 0 saturated heterocycles. The van der Waals surface area contributed by atoms with Gasteiger partial charge in [0.25, 0.3) is 0 Å².